The second-order valence-corrected chi connectivity index (χ2v) is 3.59. The van der Waals surface area contributed by atoms with Crippen LogP contribution in [0, 0.1) is 6.92 Å². The molecule has 2 N–H and O–H groups in total. The Morgan fingerprint density at radius 3 is 2.82 bits per heavy atom. The molecule has 3 rings (SSSR count). The Labute approximate surface area is 96.3 Å². The van der Waals surface area contributed by atoms with Crippen molar-refractivity contribution in [2.24, 2.45) is 0 Å². The van der Waals surface area contributed by atoms with Crippen LogP contribution in [0.4, 0.5) is 5.82 Å². The number of hydrogen-bond donors (Lipinski definition) is 1. The highest BCUT2D eigenvalue weighted by Crippen LogP contribution is 2.17. The van der Waals surface area contributed by atoms with E-state index in [2.05, 4.69) is 25.3 Å². The normalized spacial score (nSPS) is 10.9. The summed E-state index contributed by atoms with van der Waals surface area (Å²) in [6.07, 6.45) is 3.02. The molecule has 0 aliphatic carbocycles. The van der Waals surface area contributed by atoms with Crippen LogP contribution in [0.5, 0.6) is 0 Å². The van der Waals surface area contributed by atoms with Crippen molar-refractivity contribution in [1.82, 2.24) is 29.9 Å². The Hall–Kier alpha value is -2.57. The van der Waals surface area contributed by atoms with Gasteiger partial charge in [-0.15, -0.1) is 5.10 Å². The topological polar surface area (TPSA) is 95.4 Å². The summed E-state index contributed by atoms with van der Waals surface area (Å²) in [4.78, 5) is 8.05. The van der Waals surface area contributed by atoms with Gasteiger partial charge in [0.25, 0.3) is 0 Å². The van der Waals surface area contributed by atoms with Gasteiger partial charge in [0.15, 0.2) is 11.5 Å². The second-order valence-electron chi connectivity index (χ2n) is 3.59. The van der Waals surface area contributed by atoms with Crippen molar-refractivity contribution in [1.29, 1.82) is 0 Å². The molecule has 84 valence electrons. The Balaban J connectivity index is 2.24. The van der Waals surface area contributed by atoms with Gasteiger partial charge in [-0.05, 0) is 19.1 Å². The number of rotatable bonds is 1. The molecule has 17 heavy (non-hydrogen) atoms. The molecule has 7 nitrogen and oxygen atoms in total. The first-order chi connectivity index (χ1) is 8.25. The van der Waals surface area contributed by atoms with Gasteiger partial charge in [-0.2, -0.15) is 14.9 Å². The fourth-order valence-corrected chi connectivity index (χ4v) is 1.53. The highest BCUT2D eigenvalue weighted by molar-refractivity contribution is 5.85. The molecule has 0 radical (unpaired) electrons. The predicted molar refractivity (Wildman–Crippen MR) is 61.4 cm³/mol. The summed E-state index contributed by atoms with van der Waals surface area (Å²) < 4.78 is 1.58. The second kappa shape index (κ2) is 3.48. The number of nitrogen functional groups attached to an aromatic ring is 1. The fourth-order valence-electron chi connectivity index (χ4n) is 1.53. The summed E-state index contributed by atoms with van der Waals surface area (Å²) >= 11 is 0. The molecule has 3 heterocycles. The molecule has 0 saturated heterocycles. The third kappa shape index (κ3) is 1.48. The number of aromatic nitrogens is 6. The molecule has 0 bridgehead atoms. The lowest BCUT2D eigenvalue weighted by Gasteiger charge is -2.00. The lowest BCUT2D eigenvalue weighted by Crippen LogP contribution is -2.03. The van der Waals surface area contributed by atoms with E-state index in [-0.39, 0.29) is 0 Å². The molecule has 0 unspecified atom stereocenters. The number of nitrogens with zero attached hydrogens (tertiary/aromatic N) is 6. The number of anilines is 1. The monoisotopic (exact) mass is 227 g/mol. The van der Waals surface area contributed by atoms with Crippen molar-refractivity contribution in [2.45, 2.75) is 6.92 Å². The summed E-state index contributed by atoms with van der Waals surface area (Å²) in [6, 6.07) is 3.69. The Morgan fingerprint density at radius 1 is 1.18 bits per heavy atom. The van der Waals surface area contributed by atoms with Gasteiger partial charge in [0, 0.05) is 0 Å². The molecule has 0 atom stereocenters. The standard InChI is InChI=1S/C10H9N7/c1-6-2-3-8(16-15-6)17-10-7(4-14-17)9(11)12-5-13-10/h2-5H,1H3,(H2,11,12,13). The Kier molecular flexibility index (Phi) is 1.97. The number of nitrogens with two attached hydrogens (primary N) is 1. The van der Waals surface area contributed by atoms with Crippen LogP contribution in [0.25, 0.3) is 16.9 Å². The Bertz CT molecular complexity index is 671. The molecule has 0 saturated carbocycles. The third-order valence-corrected chi connectivity index (χ3v) is 2.40. The van der Waals surface area contributed by atoms with Gasteiger partial charge in [0.2, 0.25) is 0 Å². The molecule has 0 aliphatic heterocycles. The molecule has 7 heteroatoms. The molecule has 0 amide bonds. The molecule has 3 aromatic heterocycles. The van der Waals surface area contributed by atoms with Gasteiger partial charge in [-0.25, -0.2) is 9.97 Å². The van der Waals surface area contributed by atoms with Crippen LogP contribution in [0.1, 0.15) is 5.69 Å². The predicted octanol–water partition coefficient (Wildman–Crippen LogP) is 0.496. The van der Waals surface area contributed by atoms with E-state index in [4.69, 9.17) is 5.73 Å². The van der Waals surface area contributed by atoms with E-state index in [1.54, 1.807) is 10.9 Å². The number of fused-ring (bicyclic) bond motifs is 1. The first kappa shape index (κ1) is 9.64. The molecular weight excluding hydrogens is 218 g/mol. The van der Waals surface area contributed by atoms with Crippen LogP contribution in [0.2, 0.25) is 0 Å². The average Bonchev–Trinajstić information content (AvgIpc) is 2.75. The zero-order valence-corrected chi connectivity index (χ0v) is 9.07. The highest BCUT2D eigenvalue weighted by atomic mass is 15.4. The van der Waals surface area contributed by atoms with Crippen molar-refractivity contribution in [2.75, 3.05) is 5.73 Å². The average molecular weight is 227 g/mol. The SMILES string of the molecule is Cc1ccc(-n2ncc3c(N)ncnc32)nn1. The fraction of sp³-hybridized carbons (Fsp3) is 0.100. The minimum Gasteiger partial charge on any atom is -0.383 e. The van der Waals surface area contributed by atoms with Gasteiger partial charge in [0.05, 0.1) is 17.3 Å². The zero-order chi connectivity index (χ0) is 11.8. The first-order valence-corrected chi connectivity index (χ1v) is 5.00. The van der Waals surface area contributed by atoms with E-state index in [1.165, 1.54) is 6.33 Å². The van der Waals surface area contributed by atoms with Gasteiger partial charge in [-0.1, -0.05) is 0 Å². The maximum Gasteiger partial charge on any atom is 0.178 e. The van der Waals surface area contributed by atoms with Crippen molar-refractivity contribution in [3.63, 3.8) is 0 Å². The van der Waals surface area contributed by atoms with Crippen molar-refractivity contribution in [3.05, 3.63) is 30.4 Å². The molecule has 0 spiro atoms. The van der Waals surface area contributed by atoms with E-state index < -0.39 is 0 Å². The molecular formula is C10H9N7. The van der Waals surface area contributed by atoms with Crippen LogP contribution in [-0.4, -0.2) is 29.9 Å². The lowest BCUT2D eigenvalue weighted by molar-refractivity contribution is 0.818. The maximum atomic E-state index is 5.73. The zero-order valence-electron chi connectivity index (χ0n) is 9.07. The van der Waals surface area contributed by atoms with E-state index in [1.807, 2.05) is 19.1 Å². The van der Waals surface area contributed by atoms with E-state index >= 15 is 0 Å². The van der Waals surface area contributed by atoms with Gasteiger partial charge in [-0.3, -0.25) is 0 Å². The maximum absolute atomic E-state index is 5.73. The van der Waals surface area contributed by atoms with Crippen molar-refractivity contribution >= 4 is 16.9 Å². The minimum atomic E-state index is 0.404. The Morgan fingerprint density at radius 2 is 2.06 bits per heavy atom. The van der Waals surface area contributed by atoms with E-state index in [0.29, 0.717) is 22.7 Å². The third-order valence-electron chi connectivity index (χ3n) is 2.40. The lowest BCUT2D eigenvalue weighted by atomic mass is 10.4. The number of hydrogen-bond acceptors (Lipinski definition) is 6. The van der Waals surface area contributed by atoms with Crippen molar-refractivity contribution < 1.29 is 0 Å². The first-order valence-electron chi connectivity index (χ1n) is 5.00. The summed E-state index contributed by atoms with van der Waals surface area (Å²) in [5.41, 5.74) is 7.20. The van der Waals surface area contributed by atoms with Gasteiger partial charge in [0.1, 0.15) is 12.1 Å². The summed E-state index contributed by atoms with van der Waals surface area (Å²) in [6.45, 7) is 1.87. The summed E-state index contributed by atoms with van der Waals surface area (Å²) in [7, 11) is 0. The van der Waals surface area contributed by atoms with E-state index in [9.17, 15) is 0 Å². The molecule has 3 aromatic rings. The van der Waals surface area contributed by atoms with E-state index in [0.717, 1.165) is 5.69 Å². The van der Waals surface area contributed by atoms with Crippen LogP contribution in [0.15, 0.2) is 24.7 Å². The molecule has 0 aromatic carbocycles. The van der Waals surface area contributed by atoms with Crippen LogP contribution in [0.3, 0.4) is 0 Å². The van der Waals surface area contributed by atoms with Crippen LogP contribution >= 0.6 is 0 Å². The summed E-state index contributed by atoms with van der Waals surface area (Å²) in [5, 5.41) is 12.9. The van der Waals surface area contributed by atoms with Gasteiger partial charge < -0.3 is 5.73 Å². The highest BCUT2D eigenvalue weighted by Gasteiger charge is 2.09. The largest absolute Gasteiger partial charge is 0.383 e. The van der Waals surface area contributed by atoms with Crippen LogP contribution in [-0.2, 0) is 0 Å². The minimum absolute atomic E-state index is 0.404. The molecule has 0 fully saturated rings. The summed E-state index contributed by atoms with van der Waals surface area (Å²) in [5.74, 6) is 1.00. The van der Waals surface area contributed by atoms with Crippen molar-refractivity contribution in [3.8, 4) is 5.82 Å². The number of aryl methyl sites for hydroxylation is 1. The van der Waals surface area contributed by atoms with Gasteiger partial charge >= 0.3 is 0 Å². The van der Waals surface area contributed by atoms with Crippen LogP contribution < -0.4 is 5.73 Å². The quantitative estimate of drug-likeness (QED) is 0.650. The molecule has 0 aliphatic rings. The smallest absolute Gasteiger partial charge is 0.178 e.